The van der Waals surface area contributed by atoms with Crippen LogP contribution < -0.4 is 5.32 Å². The van der Waals surface area contributed by atoms with Gasteiger partial charge in [0, 0.05) is 12.1 Å². The minimum absolute atomic E-state index is 0.477. The fourth-order valence-electron chi connectivity index (χ4n) is 2.30. The fourth-order valence-corrected chi connectivity index (χ4v) is 2.30. The minimum atomic E-state index is 0.477. The topological polar surface area (TPSA) is 12.0 Å². The van der Waals surface area contributed by atoms with Gasteiger partial charge in [0.25, 0.3) is 0 Å². The number of rotatable bonds is 6. The molecule has 1 aliphatic carbocycles. The van der Waals surface area contributed by atoms with Crippen LogP contribution in [0.2, 0.25) is 0 Å². The first-order chi connectivity index (χ1) is 7.79. The molecule has 2 rings (SSSR count). The van der Waals surface area contributed by atoms with Crippen molar-refractivity contribution in [2.45, 2.75) is 51.6 Å². The smallest absolute Gasteiger partial charge is 0.0294 e. The fraction of sp³-hybridized carbons (Fsp3) is 0.600. The molecule has 0 heterocycles. The summed E-state index contributed by atoms with van der Waals surface area (Å²) in [6.45, 7) is 4.56. The van der Waals surface area contributed by atoms with E-state index in [0.717, 1.165) is 5.92 Å². The van der Waals surface area contributed by atoms with Crippen LogP contribution in [0.5, 0.6) is 0 Å². The summed E-state index contributed by atoms with van der Waals surface area (Å²) in [4.78, 5) is 0. The average Bonchev–Trinajstić information content (AvgIpc) is 3.13. The van der Waals surface area contributed by atoms with Crippen molar-refractivity contribution in [3.8, 4) is 0 Å². The molecule has 1 aliphatic rings. The number of benzene rings is 1. The van der Waals surface area contributed by atoms with Crippen molar-refractivity contribution in [3.05, 3.63) is 35.9 Å². The SMILES string of the molecule is CCC(CC1CC1)NC(C)c1ccccc1. The van der Waals surface area contributed by atoms with Crippen LogP contribution in [0, 0.1) is 5.92 Å². The summed E-state index contributed by atoms with van der Waals surface area (Å²) in [5.41, 5.74) is 1.40. The monoisotopic (exact) mass is 217 g/mol. The second-order valence-electron chi connectivity index (χ2n) is 5.08. The molecule has 1 saturated carbocycles. The van der Waals surface area contributed by atoms with E-state index < -0.39 is 0 Å². The molecule has 0 aliphatic heterocycles. The third kappa shape index (κ3) is 3.34. The summed E-state index contributed by atoms with van der Waals surface area (Å²) in [6, 6.07) is 11.9. The number of nitrogens with one attached hydrogen (secondary N) is 1. The summed E-state index contributed by atoms with van der Waals surface area (Å²) >= 11 is 0. The first kappa shape index (κ1) is 11.7. The lowest BCUT2D eigenvalue weighted by atomic mass is 10.0. The van der Waals surface area contributed by atoms with Gasteiger partial charge in [0.2, 0.25) is 0 Å². The lowest BCUT2D eigenvalue weighted by Crippen LogP contribution is -2.31. The molecule has 1 heteroatoms. The second-order valence-corrected chi connectivity index (χ2v) is 5.08. The molecule has 0 aromatic heterocycles. The average molecular weight is 217 g/mol. The maximum Gasteiger partial charge on any atom is 0.0294 e. The van der Waals surface area contributed by atoms with Crippen LogP contribution in [-0.4, -0.2) is 6.04 Å². The van der Waals surface area contributed by atoms with Gasteiger partial charge in [-0.25, -0.2) is 0 Å². The Kier molecular flexibility index (Phi) is 4.00. The van der Waals surface area contributed by atoms with Crippen LogP contribution in [0.15, 0.2) is 30.3 Å². The van der Waals surface area contributed by atoms with Crippen molar-refractivity contribution in [1.29, 1.82) is 0 Å². The highest BCUT2D eigenvalue weighted by Crippen LogP contribution is 2.34. The van der Waals surface area contributed by atoms with Crippen molar-refractivity contribution in [2.75, 3.05) is 0 Å². The Morgan fingerprint density at radius 2 is 1.94 bits per heavy atom. The van der Waals surface area contributed by atoms with Gasteiger partial charge in [0.1, 0.15) is 0 Å². The summed E-state index contributed by atoms with van der Waals surface area (Å²) < 4.78 is 0. The van der Waals surface area contributed by atoms with Gasteiger partial charge in [0.05, 0.1) is 0 Å². The van der Waals surface area contributed by atoms with E-state index in [1.807, 2.05) is 0 Å². The number of hydrogen-bond donors (Lipinski definition) is 1. The standard InChI is InChI=1S/C15H23N/c1-3-15(11-13-9-10-13)16-12(2)14-7-5-4-6-8-14/h4-8,12-13,15-16H,3,9-11H2,1-2H3. The zero-order valence-corrected chi connectivity index (χ0v) is 10.4. The molecular weight excluding hydrogens is 194 g/mol. The van der Waals surface area contributed by atoms with E-state index in [-0.39, 0.29) is 0 Å². The van der Waals surface area contributed by atoms with Gasteiger partial charge in [-0.2, -0.15) is 0 Å². The Bertz CT molecular complexity index is 302. The van der Waals surface area contributed by atoms with Crippen LogP contribution in [0.4, 0.5) is 0 Å². The van der Waals surface area contributed by atoms with Crippen molar-refractivity contribution >= 4 is 0 Å². The first-order valence-corrected chi connectivity index (χ1v) is 6.60. The van der Waals surface area contributed by atoms with Crippen molar-refractivity contribution < 1.29 is 0 Å². The lowest BCUT2D eigenvalue weighted by molar-refractivity contribution is 0.404. The zero-order chi connectivity index (χ0) is 11.4. The highest BCUT2D eigenvalue weighted by molar-refractivity contribution is 5.18. The molecule has 0 saturated heterocycles. The van der Waals surface area contributed by atoms with Gasteiger partial charge in [0.15, 0.2) is 0 Å². The summed E-state index contributed by atoms with van der Waals surface area (Å²) in [7, 11) is 0. The Morgan fingerprint density at radius 3 is 2.50 bits per heavy atom. The van der Waals surface area contributed by atoms with Crippen molar-refractivity contribution in [1.82, 2.24) is 5.32 Å². The third-order valence-electron chi connectivity index (χ3n) is 3.59. The molecule has 2 atom stereocenters. The lowest BCUT2D eigenvalue weighted by Gasteiger charge is -2.22. The Labute approximate surface area is 99.3 Å². The van der Waals surface area contributed by atoms with Gasteiger partial charge in [-0.05, 0) is 31.2 Å². The van der Waals surface area contributed by atoms with E-state index in [1.54, 1.807) is 0 Å². The van der Waals surface area contributed by atoms with E-state index >= 15 is 0 Å². The highest BCUT2D eigenvalue weighted by atomic mass is 14.9. The van der Waals surface area contributed by atoms with Gasteiger partial charge in [-0.15, -0.1) is 0 Å². The molecule has 1 aromatic carbocycles. The number of hydrogen-bond acceptors (Lipinski definition) is 1. The molecule has 0 radical (unpaired) electrons. The predicted molar refractivity (Wildman–Crippen MR) is 69.4 cm³/mol. The van der Waals surface area contributed by atoms with Crippen molar-refractivity contribution in [3.63, 3.8) is 0 Å². The van der Waals surface area contributed by atoms with Crippen LogP contribution in [-0.2, 0) is 0 Å². The zero-order valence-electron chi connectivity index (χ0n) is 10.4. The molecule has 1 aromatic rings. The van der Waals surface area contributed by atoms with E-state index in [2.05, 4.69) is 49.5 Å². The normalized spacial score (nSPS) is 19.4. The van der Waals surface area contributed by atoms with Gasteiger partial charge >= 0.3 is 0 Å². The molecule has 0 spiro atoms. The Balaban J connectivity index is 1.86. The summed E-state index contributed by atoms with van der Waals surface area (Å²) in [6.07, 6.45) is 5.52. The van der Waals surface area contributed by atoms with Gasteiger partial charge < -0.3 is 5.32 Å². The van der Waals surface area contributed by atoms with Crippen LogP contribution >= 0.6 is 0 Å². The molecular formula is C15H23N. The van der Waals surface area contributed by atoms with Crippen LogP contribution in [0.3, 0.4) is 0 Å². The molecule has 0 amide bonds. The van der Waals surface area contributed by atoms with Crippen LogP contribution in [0.1, 0.15) is 51.1 Å². The van der Waals surface area contributed by atoms with E-state index in [4.69, 9.17) is 0 Å². The van der Waals surface area contributed by atoms with E-state index in [1.165, 1.54) is 31.2 Å². The second kappa shape index (κ2) is 5.49. The summed E-state index contributed by atoms with van der Waals surface area (Å²) in [5.74, 6) is 1.01. The molecule has 1 fully saturated rings. The Hall–Kier alpha value is -0.820. The van der Waals surface area contributed by atoms with E-state index in [0.29, 0.717) is 12.1 Å². The molecule has 88 valence electrons. The minimum Gasteiger partial charge on any atom is -0.307 e. The predicted octanol–water partition coefficient (Wildman–Crippen LogP) is 3.92. The van der Waals surface area contributed by atoms with E-state index in [9.17, 15) is 0 Å². The maximum absolute atomic E-state index is 3.75. The third-order valence-corrected chi connectivity index (χ3v) is 3.59. The highest BCUT2D eigenvalue weighted by Gasteiger charge is 2.25. The molecule has 2 unspecified atom stereocenters. The van der Waals surface area contributed by atoms with Gasteiger partial charge in [-0.3, -0.25) is 0 Å². The molecule has 16 heavy (non-hydrogen) atoms. The maximum atomic E-state index is 3.75. The van der Waals surface area contributed by atoms with Crippen molar-refractivity contribution in [2.24, 2.45) is 5.92 Å². The Morgan fingerprint density at radius 1 is 1.25 bits per heavy atom. The first-order valence-electron chi connectivity index (χ1n) is 6.60. The molecule has 0 bridgehead atoms. The molecule has 1 N–H and O–H groups in total. The van der Waals surface area contributed by atoms with Gasteiger partial charge in [-0.1, -0.05) is 50.1 Å². The van der Waals surface area contributed by atoms with Crippen LogP contribution in [0.25, 0.3) is 0 Å². The quantitative estimate of drug-likeness (QED) is 0.761. The summed E-state index contributed by atoms with van der Waals surface area (Å²) in [5, 5.41) is 3.75. The largest absolute Gasteiger partial charge is 0.307 e. The molecule has 1 nitrogen and oxygen atoms in total.